The van der Waals surface area contributed by atoms with Crippen LogP contribution in [0.25, 0.3) is 0 Å². The fourth-order valence-electron chi connectivity index (χ4n) is 2.96. The van der Waals surface area contributed by atoms with E-state index in [1.54, 1.807) is 19.2 Å². The van der Waals surface area contributed by atoms with Gasteiger partial charge in [-0.2, -0.15) is 0 Å². The monoisotopic (exact) mass is 385 g/mol. The summed E-state index contributed by atoms with van der Waals surface area (Å²) in [5.74, 6) is 0.977. The van der Waals surface area contributed by atoms with E-state index in [4.69, 9.17) is 4.74 Å². The van der Waals surface area contributed by atoms with E-state index < -0.39 is 0 Å². The molecular weight excluding hydrogens is 362 g/mol. The van der Waals surface area contributed by atoms with Crippen LogP contribution in [0.5, 0.6) is 5.75 Å². The van der Waals surface area contributed by atoms with E-state index in [0.29, 0.717) is 23.5 Å². The molecule has 1 heterocycles. The second kappa shape index (κ2) is 8.45. The molecule has 0 aliphatic carbocycles. The molecule has 0 fully saturated rings. The van der Waals surface area contributed by atoms with E-state index >= 15 is 0 Å². The van der Waals surface area contributed by atoms with Gasteiger partial charge in [0.05, 0.1) is 24.6 Å². The summed E-state index contributed by atoms with van der Waals surface area (Å²) in [4.78, 5) is 27.2. The number of ether oxygens (including phenoxy) is 1. The number of methoxy groups -OCH3 is 1. The summed E-state index contributed by atoms with van der Waals surface area (Å²) in [6.07, 6.45) is 0. The highest BCUT2D eigenvalue weighted by Crippen LogP contribution is 2.32. The van der Waals surface area contributed by atoms with Gasteiger partial charge in [-0.3, -0.25) is 9.59 Å². The van der Waals surface area contributed by atoms with E-state index in [2.05, 4.69) is 15.5 Å². The van der Waals surface area contributed by atoms with Crippen molar-refractivity contribution in [3.8, 4) is 5.75 Å². The molecule has 0 saturated carbocycles. The molecule has 1 aliphatic heterocycles. The van der Waals surface area contributed by atoms with Gasteiger partial charge in [0.15, 0.2) is 0 Å². The molecule has 0 unspecified atom stereocenters. The fourth-order valence-corrected chi connectivity index (χ4v) is 3.75. The standard InChI is InChI=1S/C20H23N3O3S/c1-23(2)17(13-5-4-6-15(9-13)26-3)11-21-20(25)14-7-8-18-16(10-14)22-19(24)12-27-18/h4-10,17H,11-12H2,1-3H3,(H,21,25)(H,22,24)/t17-/m0/s1. The summed E-state index contributed by atoms with van der Waals surface area (Å²) >= 11 is 1.48. The molecule has 0 spiro atoms. The molecule has 142 valence electrons. The van der Waals surface area contributed by atoms with Crippen LogP contribution >= 0.6 is 11.8 Å². The number of nitrogens with zero attached hydrogens (tertiary/aromatic N) is 1. The van der Waals surface area contributed by atoms with Crippen molar-refractivity contribution in [2.75, 3.05) is 38.8 Å². The van der Waals surface area contributed by atoms with Crippen molar-refractivity contribution < 1.29 is 14.3 Å². The van der Waals surface area contributed by atoms with Gasteiger partial charge in [-0.25, -0.2) is 0 Å². The third kappa shape index (κ3) is 4.61. The lowest BCUT2D eigenvalue weighted by molar-refractivity contribution is -0.113. The molecule has 27 heavy (non-hydrogen) atoms. The van der Waals surface area contributed by atoms with E-state index in [-0.39, 0.29) is 17.9 Å². The maximum Gasteiger partial charge on any atom is 0.251 e. The van der Waals surface area contributed by atoms with Gasteiger partial charge in [-0.15, -0.1) is 11.8 Å². The first kappa shape index (κ1) is 19.3. The third-order valence-electron chi connectivity index (χ3n) is 4.43. The van der Waals surface area contributed by atoms with Crippen molar-refractivity contribution in [2.24, 2.45) is 0 Å². The van der Waals surface area contributed by atoms with Crippen LogP contribution in [-0.2, 0) is 4.79 Å². The fraction of sp³-hybridized carbons (Fsp3) is 0.300. The first-order valence-electron chi connectivity index (χ1n) is 8.63. The number of benzene rings is 2. The van der Waals surface area contributed by atoms with Crippen LogP contribution in [0.3, 0.4) is 0 Å². The topological polar surface area (TPSA) is 70.7 Å². The van der Waals surface area contributed by atoms with Crippen molar-refractivity contribution in [3.05, 3.63) is 53.6 Å². The Kier molecular flexibility index (Phi) is 6.03. The van der Waals surface area contributed by atoms with Crippen molar-refractivity contribution in [1.82, 2.24) is 10.2 Å². The molecule has 2 N–H and O–H groups in total. The summed E-state index contributed by atoms with van der Waals surface area (Å²) in [5, 5.41) is 5.81. The van der Waals surface area contributed by atoms with Gasteiger partial charge in [0, 0.05) is 17.0 Å². The number of hydrogen-bond donors (Lipinski definition) is 2. The maximum absolute atomic E-state index is 12.6. The smallest absolute Gasteiger partial charge is 0.251 e. The van der Waals surface area contributed by atoms with Crippen LogP contribution in [0, 0.1) is 0 Å². The van der Waals surface area contributed by atoms with Gasteiger partial charge in [-0.05, 0) is 50.0 Å². The van der Waals surface area contributed by atoms with Gasteiger partial charge in [0.2, 0.25) is 5.91 Å². The summed E-state index contributed by atoms with van der Waals surface area (Å²) in [6.45, 7) is 0.456. The maximum atomic E-state index is 12.6. The molecule has 6 nitrogen and oxygen atoms in total. The number of likely N-dealkylation sites (N-methyl/N-ethyl adjacent to an activating group) is 1. The number of amides is 2. The molecule has 2 aromatic rings. The average molecular weight is 385 g/mol. The van der Waals surface area contributed by atoms with Crippen molar-refractivity contribution in [1.29, 1.82) is 0 Å². The summed E-state index contributed by atoms with van der Waals surface area (Å²) in [7, 11) is 5.59. The number of thioether (sulfide) groups is 1. The number of fused-ring (bicyclic) bond motifs is 1. The quantitative estimate of drug-likeness (QED) is 0.800. The highest BCUT2D eigenvalue weighted by atomic mass is 32.2. The van der Waals surface area contributed by atoms with Crippen LogP contribution in [0.2, 0.25) is 0 Å². The summed E-state index contributed by atoms with van der Waals surface area (Å²) in [5.41, 5.74) is 2.29. The van der Waals surface area contributed by atoms with Crippen LogP contribution in [0.15, 0.2) is 47.4 Å². The molecule has 0 bridgehead atoms. The molecule has 7 heteroatoms. The van der Waals surface area contributed by atoms with Gasteiger partial charge in [0.25, 0.3) is 5.91 Å². The summed E-state index contributed by atoms with van der Waals surface area (Å²) in [6, 6.07) is 13.2. The molecule has 2 amide bonds. The molecular formula is C20H23N3O3S. The minimum Gasteiger partial charge on any atom is -0.497 e. The Labute approximate surface area is 163 Å². The zero-order valence-electron chi connectivity index (χ0n) is 15.6. The van der Waals surface area contributed by atoms with Gasteiger partial charge < -0.3 is 20.3 Å². The van der Waals surface area contributed by atoms with Gasteiger partial charge in [0.1, 0.15) is 5.75 Å². The molecule has 1 aliphatic rings. The van der Waals surface area contributed by atoms with Crippen molar-refractivity contribution in [3.63, 3.8) is 0 Å². The predicted octanol–water partition coefficient (Wildman–Crippen LogP) is 2.77. The van der Waals surface area contributed by atoms with Crippen molar-refractivity contribution in [2.45, 2.75) is 10.9 Å². The Hall–Kier alpha value is -2.51. The van der Waals surface area contributed by atoms with Crippen LogP contribution < -0.4 is 15.4 Å². The highest BCUT2D eigenvalue weighted by Gasteiger charge is 2.19. The highest BCUT2D eigenvalue weighted by molar-refractivity contribution is 8.00. The van der Waals surface area contributed by atoms with Gasteiger partial charge in [-0.1, -0.05) is 12.1 Å². The minimum atomic E-state index is -0.169. The van der Waals surface area contributed by atoms with E-state index in [1.807, 2.05) is 44.4 Å². The lowest BCUT2D eigenvalue weighted by Gasteiger charge is -2.25. The van der Waals surface area contributed by atoms with Crippen LogP contribution in [0.4, 0.5) is 5.69 Å². The Bertz CT molecular complexity index is 854. The van der Waals surface area contributed by atoms with E-state index in [0.717, 1.165) is 16.2 Å². The number of anilines is 1. The first-order chi connectivity index (χ1) is 13.0. The Morgan fingerprint density at radius 3 is 2.85 bits per heavy atom. The number of nitrogens with one attached hydrogen (secondary N) is 2. The predicted molar refractivity (Wildman–Crippen MR) is 108 cm³/mol. The zero-order chi connectivity index (χ0) is 19.4. The molecule has 2 aromatic carbocycles. The summed E-state index contributed by atoms with van der Waals surface area (Å²) < 4.78 is 5.30. The Morgan fingerprint density at radius 2 is 2.11 bits per heavy atom. The largest absolute Gasteiger partial charge is 0.497 e. The second-order valence-corrected chi connectivity index (χ2v) is 7.53. The molecule has 0 saturated heterocycles. The van der Waals surface area contributed by atoms with E-state index in [1.165, 1.54) is 11.8 Å². The first-order valence-corrected chi connectivity index (χ1v) is 9.62. The molecule has 3 rings (SSSR count). The van der Waals surface area contributed by atoms with Gasteiger partial charge >= 0.3 is 0 Å². The number of hydrogen-bond acceptors (Lipinski definition) is 5. The lowest BCUT2D eigenvalue weighted by Crippen LogP contribution is -2.34. The zero-order valence-corrected chi connectivity index (χ0v) is 16.4. The van der Waals surface area contributed by atoms with Crippen molar-refractivity contribution >= 4 is 29.3 Å². The third-order valence-corrected chi connectivity index (χ3v) is 5.51. The van der Waals surface area contributed by atoms with E-state index in [9.17, 15) is 9.59 Å². The average Bonchev–Trinajstić information content (AvgIpc) is 2.67. The van der Waals surface area contributed by atoms with Crippen LogP contribution in [-0.4, -0.2) is 50.2 Å². The molecule has 1 atom stereocenters. The SMILES string of the molecule is COc1cccc([C@H](CNC(=O)c2ccc3c(c2)NC(=O)CS3)N(C)C)c1. The normalized spacial score (nSPS) is 14.3. The molecule has 0 aromatic heterocycles. The number of carbonyl (C=O) groups excluding carboxylic acids is 2. The minimum absolute atomic E-state index is 0.0111. The number of rotatable bonds is 6. The molecule has 0 radical (unpaired) electrons. The Balaban J connectivity index is 1.71. The Morgan fingerprint density at radius 1 is 1.30 bits per heavy atom. The second-order valence-electron chi connectivity index (χ2n) is 6.51. The number of carbonyl (C=O) groups is 2. The lowest BCUT2D eigenvalue weighted by atomic mass is 10.1. The van der Waals surface area contributed by atoms with Crippen LogP contribution in [0.1, 0.15) is 22.0 Å².